The fraction of sp³-hybridized carbons (Fsp3) is 0.0667. The number of hydrogen-bond donors (Lipinski definition) is 1. The summed E-state index contributed by atoms with van der Waals surface area (Å²) >= 11 is 0. The van der Waals surface area contributed by atoms with E-state index in [1.807, 2.05) is 6.07 Å². The number of benzene rings is 2. The Morgan fingerprint density at radius 2 is 1.28 bits per heavy atom. The number of ketones is 2. The molecule has 0 amide bonds. The van der Waals surface area contributed by atoms with Gasteiger partial charge in [-0.25, -0.2) is 0 Å². The van der Waals surface area contributed by atoms with Gasteiger partial charge in [0.15, 0.2) is 11.6 Å². The molecule has 3 heteroatoms. The summed E-state index contributed by atoms with van der Waals surface area (Å²) in [5, 5.41) is 9.12. The lowest BCUT2D eigenvalue weighted by Crippen LogP contribution is -2.08. The molecule has 3 nitrogen and oxygen atoms in total. The Labute approximate surface area is 105 Å². The third-order valence-corrected chi connectivity index (χ3v) is 2.61. The van der Waals surface area contributed by atoms with Crippen LogP contribution in [0.3, 0.4) is 0 Å². The number of Topliss-reactive ketones (excluding diaryl/α,β-unsaturated/α-hetero) is 2. The minimum Gasteiger partial charge on any atom is -0.508 e. The van der Waals surface area contributed by atoms with Gasteiger partial charge in [0.2, 0.25) is 0 Å². The van der Waals surface area contributed by atoms with Gasteiger partial charge in [-0.15, -0.1) is 0 Å². The van der Waals surface area contributed by atoms with Gasteiger partial charge >= 0.3 is 0 Å². The molecule has 2 aromatic rings. The molecule has 0 fully saturated rings. The second-order valence-corrected chi connectivity index (χ2v) is 3.94. The molecule has 0 heterocycles. The summed E-state index contributed by atoms with van der Waals surface area (Å²) in [5.74, 6) is -0.349. The van der Waals surface area contributed by atoms with Crippen LogP contribution in [0.15, 0.2) is 54.6 Å². The van der Waals surface area contributed by atoms with Crippen molar-refractivity contribution in [3.05, 3.63) is 65.7 Å². The molecule has 0 aliphatic heterocycles. The minimum atomic E-state index is -0.246. The average Bonchev–Trinajstić information content (AvgIpc) is 2.40. The van der Waals surface area contributed by atoms with Gasteiger partial charge in [-0.2, -0.15) is 0 Å². The summed E-state index contributed by atoms with van der Waals surface area (Å²) < 4.78 is 0. The maximum atomic E-state index is 11.8. The maximum absolute atomic E-state index is 11.8. The van der Waals surface area contributed by atoms with Gasteiger partial charge in [0, 0.05) is 11.1 Å². The number of carbonyl (C=O) groups is 2. The molecule has 2 rings (SSSR count). The number of aromatic hydroxyl groups is 1. The van der Waals surface area contributed by atoms with E-state index in [-0.39, 0.29) is 23.7 Å². The Balaban J connectivity index is 2.08. The largest absolute Gasteiger partial charge is 0.508 e. The highest BCUT2D eigenvalue weighted by molar-refractivity contribution is 6.13. The molecular weight excluding hydrogens is 228 g/mol. The van der Waals surface area contributed by atoms with Crippen LogP contribution in [0.2, 0.25) is 0 Å². The van der Waals surface area contributed by atoms with E-state index in [0.29, 0.717) is 11.1 Å². The maximum Gasteiger partial charge on any atom is 0.170 e. The van der Waals surface area contributed by atoms with E-state index in [4.69, 9.17) is 5.11 Å². The van der Waals surface area contributed by atoms with Crippen molar-refractivity contribution in [2.24, 2.45) is 0 Å². The van der Waals surface area contributed by atoms with Crippen molar-refractivity contribution in [3.8, 4) is 5.75 Å². The molecule has 0 saturated heterocycles. The summed E-state index contributed by atoms with van der Waals surface area (Å²) in [5.41, 5.74) is 0.960. The molecule has 1 N–H and O–H groups in total. The second-order valence-electron chi connectivity index (χ2n) is 3.94. The van der Waals surface area contributed by atoms with Crippen molar-refractivity contribution in [2.75, 3.05) is 0 Å². The van der Waals surface area contributed by atoms with E-state index >= 15 is 0 Å². The third kappa shape index (κ3) is 2.83. The first-order valence-electron chi connectivity index (χ1n) is 5.57. The van der Waals surface area contributed by atoms with Crippen molar-refractivity contribution in [1.29, 1.82) is 0 Å². The highest BCUT2D eigenvalue weighted by atomic mass is 16.3. The van der Waals surface area contributed by atoms with Gasteiger partial charge in [-0.1, -0.05) is 30.3 Å². The monoisotopic (exact) mass is 240 g/mol. The molecule has 0 radical (unpaired) electrons. The van der Waals surface area contributed by atoms with Crippen LogP contribution in [0.25, 0.3) is 0 Å². The predicted octanol–water partition coefficient (Wildman–Crippen LogP) is 2.85. The Morgan fingerprint density at radius 3 is 1.83 bits per heavy atom. The predicted molar refractivity (Wildman–Crippen MR) is 67.8 cm³/mol. The summed E-state index contributed by atoms with van der Waals surface area (Å²) in [6.45, 7) is 0. The van der Waals surface area contributed by atoms with Crippen LogP contribution >= 0.6 is 0 Å². The second kappa shape index (κ2) is 5.27. The van der Waals surface area contributed by atoms with Crippen LogP contribution < -0.4 is 0 Å². The molecule has 18 heavy (non-hydrogen) atoms. The van der Waals surface area contributed by atoms with Gasteiger partial charge in [-0.05, 0) is 24.3 Å². The average molecular weight is 240 g/mol. The van der Waals surface area contributed by atoms with E-state index < -0.39 is 0 Å². The van der Waals surface area contributed by atoms with Gasteiger partial charge in [0.25, 0.3) is 0 Å². The Kier molecular flexibility index (Phi) is 3.53. The van der Waals surface area contributed by atoms with Crippen LogP contribution in [0, 0.1) is 0 Å². The zero-order chi connectivity index (χ0) is 13.0. The summed E-state index contributed by atoms with van der Waals surface area (Å²) in [6, 6.07) is 14.6. The SMILES string of the molecule is O=C(CC(=O)c1ccc(O)cc1)c1ccccc1. The quantitative estimate of drug-likeness (QED) is 0.660. The molecule has 0 saturated carbocycles. The number of hydrogen-bond acceptors (Lipinski definition) is 3. The van der Waals surface area contributed by atoms with Gasteiger partial charge in [0.1, 0.15) is 5.75 Å². The molecular formula is C15H12O3. The van der Waals surface area contributed by atoms with Crippen LogP contribution in [-0.2, 0) is 0 Å². The molecule has 0 bridgehead atoms. The Hall–Kier alpha value is -2.42. The minimum absolute atomic E-state index is 0.0981. The van der Waals surface area contributed by atoms with Crippen molar-refractivity contribution in [3.63, 3.8) is 0 Å². The van der Waals surface area contributed by atoms with Crippen LogP contribution in [-0.4, -0.2) is 16.7 Å². The Bertz CT molecular complexity index is 556. The third-order valence-electron chi connectivity index (χ3n) is 2.61. The summed E-state index contributed by atoms with van der Waals surface area (Å²) in [6.07, 6.45) is -0.158. The lowest BCUT2D eigenvalue weighted by Gasteiger charge is -2.01. The van der Waals surface area contributed by atoms with E-state index in [0.717, 1.165) is 0 Å². The number of carbonyl (C=O) groups excluding carboxylic acids is 2. The zero-order valence-electron chi connectivity index (χ0n) is 9.67. The van der Waals surface area contributed by atoms with E-state index in [9.17, 15) is 9.59 Å². The molecule has 0 unspecified atom stereocenters. The molecule has 2 aromatic carbocycles. The van der Waals surface area contributed by atoms with Crippen molar-refractivity contribution in [2.45, 2.75) is 6.42 Å². The first-order chi connectivity index (χ1) is 8.66. The molecule has 0 atom stereocenters. The van der Waals surface area contributed by atoms with Crippen LogP contribution in [0.1, 0.15) is 27.1 Å². The summed E-state index contributed by atoms with van der Waals surface area (Å²) in [7, 11) is 0. The Morgan fingerprint density at radius 1 is 0.778 bits per heavy atom. The van der Waals surface area contributed by atoms with E-state index in [2.05, 4.69) is 0 Å². The first kappa shape index (κ1) is 12.0. The number of rotatable bonds is 4. The van der Waals surface area contributed by atoms with Gasteiger partial charge in [-0.3, -0.25) is 9.59 Å². The van der Waals surface area contributed by atoms with Crippen molar-refractivity contribution < 1.29 is 14.7 Å². The fourth-order valence-corrected chi connectivity index (χ4v) is 1.62. The molecule has 0 aromatic heterocycles. The molecule has 90 valence electrons. The lowest BCUT2D eigenvalue weighted by molar-refractivity contribution is 0.0894. The fourth-order valence-electron chi connectivity index (χ4n) is 1.62. The topological polar surface area (TPSA) is 54.4 Å². The van der Waals surface area contributed by atoms with E-state index in [1.54, 1.807) is 24.3 Å². The summed E-state index contributed by atoms with van der Waals surface area (Å²) in [4.78, 5) is 23.7. The number of phenolic OH excluding ortho intramolecular Hbond substituents is 1. The van der Waals surface area contributed by atoms with Gasteiger partial charge < -0.3 is 5.11 Å². The molecule has 0 aliphatic rings. The highest BCUT2D eigenvalue weighted by Gasteiger charge is 2.13. The molecule has 0 spiro atoms. The van der Waals surface area contributed by atoms with Gasteiger partial charge in [0.05, 0.1) is 6.42 Å². The normalized spacial score (nSPS) is 10.0. The van der Waals surface area contributed by atoms with Crippen LogP contribution in [0.4, 0.5) is 0 Å². The molecule has 0 aliphatic carbocycles. The first-order valence-corrected chi connectivity index (χ1v) is 5.57. The zero-order valence-corrected chi connectivity index (χ0v) is 9.67. The number of phenols is 1. The smallest absolute Gasteiger partial charge is 0.170 e. The highest BCUT2D eigenvalue weighted by Crippen LogP contribution is 2.13. The van der Waals surface area contributed by atoms with Crippen molar-refractivity contribution in [1.82, 2.24) is 0 Å². The standard InChI is InChI=1S/C15H12O3/c16-13-8-6-12(7-9-13)15(18)10-14(17)11-4-2-1-3-5-11/h1-9,16H,10H2. The van der Waals surface area contributed by atoms with Crippen LogP contribution in [0.5, 0.6) is 5.75 Å². The van der Waals surface area contributed by atoms with E-state index in [1.165, 1.54) is 24.3 Å². The lowest BCUT2D eigenvalue weighted by atomic mass is 10.0. The van der Waals surface area contributed by atoms with Crippen molar-refractivity contribution >= 4 is 11.6 Å².